The number of nitrogens with two attached hydrogens (primary N) is 1. The standard InChI is InChI=1S/C13H14BrN3OS/c1-18-7-10-11(14)12(15)17-13(16-10)8-3-5-9(19-2)6-4-8/h3-6H,7H2,1-2H3,(H2,15,16,17). The van der Waals surface area contributed by atoms with Gasteiger partial charge in [-0.15, -0.1) is 11.8 Å². The van der Waals surface area contributed by atoms with Crippen molar-refractivity contribution in [3.63, 3.8) is 0 Å². The minimum atomic E-state index is 0.392. The zero-order valence-electron chi connectivity index (χ0n) is 10.7. The molecule has 100 valence electrons. The van der Waals surface area contributed by atoms with Crippen LogP contribution in [0.15, 0.2) is 33.6 Å². The van der Waals surface area contributed by atoms with E-state index in [2.05, 4.69) is 25.9 Å². The van der Waals surface area contributed by atoms with Gasteiger partial charge in [0.25, 0.3) is 0 Å². The molecule has 1 aromatic carbocycles. The SMILES string of the molecule is COCc1nc(-c2ccc(SC)cc2)nc(N)c1Br. The van der Waals surface area contributed by atoms with Gasteiger partial charge >= 0.3 is 0 Å². The lowest BCUT2D eigenvalue weighted by atomic mass is 10.2. The van der Waals surface area contributed by atoms with Crippen molar-refractivity contribution in [2.45, 2.75) is 11.5 Å². The lowest BCUT2D eigenvalue weighted by Crippen LogP contribution is -2.03. The van der Waals surface area contributed by atoms with Gasteiger partial charge in [0.1, 0.15) is 5.82 Å². The summed E-state index contributed by atoms with van der Waals surface area (Å²) in [7, 11) is 1.62. The van der Waals surface area contributed by atoms with Crippen molar-refractivity contribution in [2.75, 3.05) is 19.1 Å². The van der Waals surface area contributed by atoms with Gasteiger partial charge in [0.15, 0.2) is 5.82 Å². The molecule has 6 heteroatoms. The Kier molecular flexibility index (Phi) is 4.79. The fourth-order valence-electron chi connectivity index (χ4n) is 1.61. The fourth-order valence-corrected chi connectivity index (χ4v) is 2.31. The molecule has 0 fully saturated rings. The molecule has 0 spiro atoms. The van der Waals surface area contributed by atoms with Gasteiger partial charge in [-0.3, -0.25) is 0 Å². The normalized spacial score (nSPS) is 10.7. The first kappa shape index (κ1) is 14.3. The maximum Gasteiger partial charge on any atom is 0.161 e. The molecule has 0 saturated heterocycles. The Morgan fingerprint density at radius 1 is 1.26 bits per heavy atom. The molecule has 0 radical (unpaired) electrons. The predicted molar refractivity (Wildman–Crippen MR) is 82.1 cm³/mol. The average Bonchev–Trinajstić information content (AvgIpc) is 2.44. The first-order chi connectivity index (χ1) is 9.15. The van der Waals surface area contributed by atoms with E-state index in [0.29, 0.717) is 22.7 Å². The molecular weight excluding hydrogens is 326 g/mol. The van der Waals surface area contributed by atoms with E-state index >= 15 is 0 Å². The Morgan fingerprint density at radius 2 is 1.95 bits per heavy atom. The summed E-state index contributed by atoms with van der Waals surface area (Å²) >= 11 is 5.07. The summed E-state index contributed by atoms with van der Waals surface area (Å²) in [6.07, 6.45) is 2.04. The van der Waals surface area contributed by atoms with Crippen LogP contribution in [-0.4, -0.2) is 23.3 Å². The Bertz CT molecular complexity index is 575. The first-order valence-corrected chi connectivity index (χ1v) is 7.62. The molecule has 0 bridgehead atoms. The van der Waals surface area contributed by atoms with Gasteiger partial charge in [0.2, 0.25) is 0 Å². The molecule has 1 aromatic heterocycles. The second-order valence-electron chi connectivity index (χ2n) is 3.85. The molecule has 19 heavy (non-hydrogen) atoms. The van der Waals surface area contributed by atoms with Crippen LogP contribution in [0.1, 0.15) is 5.69 Å². The molecule has 2 N–H and O–H groups in total. The maximum atomic E-state index is 5.89. The highest BCUT2D eigenvalue weighted by atomic mass is 79.9. The molecule has 2 rings (SSSR count). The van der Waals surface area contributed by atoms with Gasteiger partial charge in [0, 0.05) is 17.6 Å². The summed E-state index contributed by atoms with van der Waals surface area (Å²) in [5.41, 5.74) is 7.58. The van der Waals surface area contributed by atoms with E-state index < -0.39 is 0 Å². The highest BCUT2D eigenvalue weighted by molar-refractivity contribution is 9.10. The van der Waals surface area contributed by atoms with Crippen LogP contribution in [0.25, 0.3) is 11.4 Å². The number of rotatable bonds is 4. The van der Waals surface area contributed by atoms with Crippen LogP contribution < -0.4 is 5.73 Å². The molecule has 0 aliphatic carbocycles. The summed E-state index contributed by atoms with van der Waals surface area (Å²) in [6.45, 7) is 0.392. The molecule has 2 aromatic rings. The minimum absolute atomic E-state index is 0.392. The summed E-state index contributed by atoms with van der Waals surface area (Å²) < 4.78 is 5.81. The minimum Gasteiger partial charge on any atom is -0.383 e. The quantitative estimate of drug-likeness (QED) is 0.865. The molecule has 0 saturated carbocycles. The van der Waals surface area contributed by atoms with Crippen molar-refractivity contribution in [3.05, 3.63) is 34.4 Å². The number of benzene rings is 1. The third kappa shape index (κ3) is 3.26. The number of thioether (sulfide) groups is 1. The Morgan fingerprint density at radius 3 is 2.53 bits per heavy atom. The van der Waals surface area contributed by atoms with E-state index in [9.17, 15) is 0 Å². The van der Waals surface area contributed by atoms with Crippen LogP contribution in [0.3, 0.4) is 0 Å². The molecule has 0 aliphatic rings. The van der Waals surface area contributed by atoms with Crippen molar-refractivity contribution >= 4 is 33.5 Å². The van der Waals surface area contributed by atoms with Crippen molar-refractivity contribution in [3.8, 4) is 11.4 Å². The van der Waals surface area contributed by atoms with Crippen LogP contribution in [0, 0.1) is 0 Å². The zero-order chi connectivity index (χ0) is 13.8. The largest absolute Gasteiger partial charge is 0.383 e. The fraction of sp³-hybridized carbons (Fsp3) is 0.231. The lowest BCUT2D eigenvalue weighted by Gasteiger charge is -2.08. The number of hydrogen-bond acceptors (Lipinski definition) is 5. The third-order valence-electron chi connectivity index (χ3n) is 2.57. The number of nitrogen functional groups attached to an aromatic ring is 1. The van der Waals surface area contributed by atoms with E-state index in [0.717, 1.165) is 11.3 Å². The van der Waals surface area contributed by atoms with Gasteiger partial charge in [0.05, 0.1) is 16.8 Å². The van der Waals surface area contributed by atoms with E-state index in [1.54, 1.807) is 18.9 Å². The van der Waals surface area contributed by atoms with Crippen LogP contribution in [0.4, 0.5) is 5.82 Å². The summed E-state index contributed by atoms with van der Waals surface area (Å²) in [5.74, 6) is 1.03. The second kappa shape index (κ2) is 6.36. The van der Waals surface area contributed by atoms with Gasteiger partial charge in [-0.1, -0.05) is 12.1 Å². The number of nitrogens with zero attached hydrogens (tertiary/aromatic N) is 2. The molecular formula is C13H14BrN3OS. The summed E-state index contributed by atoms with van der Waals surface area (Å²) in [4.78, 5) is 9.98. The molecule has 0 atom stereocenters. The van der Waals surface area contributed by atoms with Gasteiger partial charge in [-0.25, -0.2) is 9.97 Å². The number of aromatic nitrogens is 2. The number of hydrogen-bond donors (Lipinski definition) is 1. The Hall–Kier alpha value is -1.11. The van der Waals surface area contributed by atoms with Crippen LogP contribution >= 0.6 is 27.7 Å². The third-order valence-corrected chi connectivity index (χ3v) is 4.18. The number of methoxy groups -OCH3 is 1. The van der Waals surface area contributed by atoms with Gasteiger partial charge in [-0.05, 0) is 34.3 Å². The van der Waals surface area contributed by atoms with Crippen LogP contribution in [-0.2, 0) is 11.3 Å². The molecule has 1 heterocycles. The van der Waals surface area contributed by atoms with Crippen molar-refractivity contribution < 1.29 is 4.74 Å². The van der Waals surface area contributed by atoms with Crippen LogP contribution in [0.5, 0.6) is 0 Å². The molecule has 4 nitrogen and oxygen atoms in total. The van der Waals surface area contributed by atoms with E-state index in [4.69, 9.17) is 10.5 Å². The first-order valence-electron chi connectivity index (χ1n) is 5.61. The smallest absolute Gasteiger partial charge is 0.161 e. The maximum absolute atomic E-state index is 5.89. The monoisotopic (exact) mass is 339 g/mol. The van der Waals surface area contributed by atoms with Crippen molar-refractivity contribution in [2.24, 2.45) is 0 Å². The van der Waals surface area contributed by atoms with Crippen LogP contribution in [0.2, 0.25) is 0 Å². The van der Waals surface area contributed by atoms with E-state index in [1.807, 2.05) is 30.5 Å². The topological polar surface area (TPSA) is 61.0 Å². The highest BCUT2D eigenvalue weighted by Crippen LogP contribution is 2.26. The van der Waals surface area contributed by atoms with Crippen molar-refractivity contribution in [1.29, 1.82) is 0 Å². The van der Waals surface area contributed by atoms with Gasteiger partial charge < -0.3 is 10.5 Å². The van der Waals surface area contributed by atoms with Crippen molar-refractivity contribution in [1.82, 2.24) is 9.97 Å². The molecule has 0 aliphatic heterocycles. The number of anilines is 1. The lowest BCUT2D eigenvalue weighted by molar-refractivity contribution is 0.181. The van der Waals surface area contributed by atoms with E-state index in [-0.39, 0.29) is 0 Å². The average molecular weight is 340 g/mol. The predicted octanol–water partition coefficient (Wildman–Crippen LogP) is 3.36. The number of ether oxygens (including phenoxy) is 1. The Balaban J connectivity index is 2.43. The summed E-state index contributed by atoms with van der Waals surface area (Å²) in [6, 6.07) is 8.06. The van der Waals surface area contributed by atoms with E-state index in [1.165, 1.54) is 4.90 Å². The van der Waals surface area contributed by atoms with Gasteiger partial charge in [-0.2, -0.15) is 0 Å². The zero-order valence-corrected chi connectivity index (χ0v) is 13.1. The number of halogens is 1. The second-order valence-corrected chi connectivity index (χ2v) is 5.53. The molecule has 0 unspecified atom stereocenters. The Labute approximate surface area is 124 Å². The highest BCUT2D eigenvalue weighted by Gasteiger charge is 2.11. The molecule has 0 amide bonds. The summed E-state index contributed by atoms with van der Waals surface area (Å²) in [5, 5.41) is 0.